The standard InChI is InChI=1S/C16H24N2O2.2ClH/c1-20-16-5-4-13(11-15(16)19)14(10-12-2-3-12)18-8-6-17-7-9-18;;/h4-5,11-12,14,17,19H,2-3,6-10H2,1H3;2*1H/t14-;;/m1../s1. The Hall–Kier alpha value is -0.680. The smallest absolute Gasteiger partial charge is 0.160 e. The summed E-state index contributed by atoms with van der Waals surface area (Å²) in [5.41, 5.74) is 1.22. The van der Waals surface area contributed by atoms with Gasteiger partial charge in [-0.25, -0.2) is 0 Å². The van der Waals surface area contributed by atoms with Crippen LogP contribution in [0.4, 0.5) is 0 Å². The molecule has 0 radical (unpaired) electrons. The Labute approximate surface area is 145 Å². The Bertz CT molecular complexity index is 463. The van der Waals surface area contributed by atoms with Crippen LogP contribution in [0.15, 0.2) is 18.2 Å². The van der Waals surface area contributed by atoms with Crippen molar-refractivity contribution in [2.24, 2.45) is 5.92 Å². The topological polar surface area (TPSA) is 44.7 Å². The lowest BCUT2D eigenvalue weighted by molar-refractivity contribution is 0.160. The van der Waals surface area contributed by atoms with E-state index in [0.717, 1.165) is 32.1 Å². The first-order valence-electron chi connectivity index (χ1n) is 7.59. The molecule has 2 fully saturated rings. The number of nitrogens with one attached hydrogen (secondary N) is 1. The average molecular weight is 349 g/mol. The van der Waals surface area contributed by atoms with Crippen LogP contribution in [0.2, 0.25) is 0 Å². The molecule has 2 N–H and O–H groups in total. The Kier molecular flexibility index (Phi) is 7.77. The number of hydrogen-bond donors (Lipinski definition) is 2. The zero-order valence-electron chi connectivity index (χ0n) is 13.0. The van der Waals surface area contributed by atoms with Crippen LogP contribution in [0.25, 0.3) is 0 Å². The van der Waals surface area contributed by atoms with Crippen LogP contribution < -0.4 is 10.1 Å². The number of methoxy groups -OCH3 is 1. The van der Waals surface area contributed by atoms with E-state index >= 15 is 0 Å². The predicted octanol–water partition coefficient (Wildman–Crippen LogP) is 2.99. The van der Waals surface area contributed by atoms with E-state index in [1.807, 2.05) is 12.1 Å². The first-order valence-corrected chi connectivity index (χ1v) is 7.59. The van der Waals surface area contributed by atoms with Crippen molar-refractivity contribution in [2.45, 2.75) is 25.3 Å². The number of halogens is 2. The molecule has 126 valence electrons. The van der Waals surface area contributed by atoms with Gasteiger partial charge in [0.05, 0.1) is 7.11 Å². The average Bonchev–Trinajstić information content (AvgIpc) is 3.30. The molecule has 1 aromatic carbocycles. The zero-order chi connectivity index (χ0) is 13.9. The molecule has 0 unspecified atom stereocenters. The van der Waals surface area contributed by atoms with Gasteiger partial charge >= 0.3 is 0 Å². The van der Waals surface area contributed by atoms with Crippen molar-refractivity contribution in [3.63, 3.8) is 0 Å². The molecule has 1 heterocycles. The lowest BCUT2D eigenvalue weighted by Crippen LogP contribution is -2.45. The lowest BCUT2D eigenvalue weighted by Gasteiger charge is -2.35. The summed E-state index contributed by atoms with van der Waals surface area (Å²) in [5.74, 6) is 1.68. The van der Waals surface area contributed by atoms with Gasteiger partial charge in [-0.15, -0.1) is 24.8 Å². The second-order valence-electron chi connectivity index (χ2n) is 5.91. The number of phenolic OH excluding ortho intramolecular Hbond substituents is 1. The summed E-state index contributed by atoms with van der Waals surface area (Å²) in [4.78, 5) is 2.55. The molecular weight excluding hydrogens is 323 g/mol. The van der Waals surface area contributed by atoms with Crippen molar-refractivity contribution in [2.75, 3.05) is 33.3 Å². The molecule has 1 aliphatic heterocycles. The van der Waals surface area contributed by atoms with E-state index in [9.17, 15) is 5.11 Å². The molecule has 0 amide bonds. The minimum Gasteiger partial charge on any atom is -0.504 e. The first-order chi connectivity index (χ1) is 9.78. The fourth-order valence-electron chi connectivity index (χ4n) is 3.07. The number of hydrogen-bond acceptors (Lipinski definition) is 4. The van der Waals surface area contributed by atoms with E-state index in [-0.39, 0.29) is 30.6 Å². The summed E-state index contributed by atoms with van der Waals surface area (Å²) in [6.45, 7) is 4.29. The van der Waals surface area contributed by atoms with E-state index in [0.29, 0.717) is 11.8 Å². The van der Waals surface area contributed by atoms with E-state index in [2.05, 4.69) is 16.3 Å². The van der Waals surface area contributed by atoms with Crippen molar-refractivity contribution >= 4 is 24.8 Å². The summed E-state index contributed by atoms with van der Waals surface area (Å²) in [5, 5.41) is 13.4. The quantitative estimate of drug-likeness (QED) is 0.858. The maximum absolute atomic E-state index is 10.0. The highest BCUT2D eigenvalue weighted by atomic mass is 35.5. The van der Waals surface area contributed by atoms with E-state index in [4.69, 9.17) is 4.74 Å². The van der Waals surface area contributed by atoms with Crippen molar-refractivity contribution < 1.29 is 9.84 Å². The van der Waals surface area contributed by atoms with Crippen LogP contribution in [-0.2, 0) is 0 Å². The monoisotopic (exact) mass is 348 g/mol. The second-order valence-corrected chi connectivity index (χ2v) is 5.91. The maximum Gasteiger partial charge on any atom is 0.160 e. The van der Waals surface area contributed by atoms with E-state index in [1.165, 1.54) is 24.8 Å². The van der Waals surface area contributed by atoms with Gasteiger partial charge in [-0.1, -0.05) is 18.9 Å². The normalized spacial score (nSPS) is 19.7. The summed E-state index contributed by atoms with van der Waals surface area (Å²) >= 11 is 0. The Morgan fingerprint density at radius 2 is 1.95 bits per heavy atom. The summed E-state index contributed by atoms with van der Waals surface area (Å²) in [7, 11) is 1.59. The largest absolute Gasteiger partial charge is 0.504 e. The van der Waals surface area contributed by atoms with E-state index < -0.39 is 0 Å². The minimum absolute atomic E-state index is 0. The number of nitrogens with zero attached hydrogens (tertiary/aromatic N) is 1. The van der Waals surface area contributed by atoms with E-state index in [1.54, 1.807) is 7.11 Å². The molecule has 1 saturated carbocycles. The van der Waals surface area contributed by atoms with Gasteiger partial charge in [0.25, 0.3) is 0 Å². The number of piperazine rings is 1. The lowest BCUT2D eigenvalue weighted by atomic mass is 9.98. The van der Waals surface area contributed by atoms with Crippen LogP contribution in [0.5, 0.6) is 11.5 Å². The van der Waals surface area contributed by atoms with Crippen molar-refractivity contribution in [1.82, 2.24) is 10.2 Å². The molecule has 1 atom stereocenters. The molecule has 0 bridgehead atoms. The third-order valence-electron chi connectivity index (χ3n) is 4.43. The molecule has 1 aromatic rings. The van der Waals surface area contributed by atoms with Gasteiger partial charge in [-0.2, -0.15) is 0 Å². The molecule has 22 heavy (non-hydrogen) atoms. The van der Waals surface area contributed by atoms with Crippen molar-refractivity contribution in [3.05, 3.63) is 23.8 Å². The van der Waals surface area contributed by atoms with Crippen LogP contribution in [-0.4, -0.2) is 43.3 Å². The third-order valence-corrected chi connectivity index (χ3v) is 4.43. The van der Waals surface area contributed by atoms with Crippen molar-refractivity contribution in [1.29, 1.82) is 0 Å². The van der Waals surface area contributed by atoms with Crippen LogP contribution >= 0.6 is 24.8 Å². The highest BCUT2D eigenvalue weighted by Gasteiger charge is 2.30. The molecule has 2 aliphatic rings. The Morgan fingerprint density at radius 1 is 1.27 bits per heavy atom. The third kappa shape index (κ3) is 4.66. The van der Waals surface area contributed by atoms with Crippen molar-refractivity contribution in [3.8, 4) is 11.5 Å². The molecular formula is C16H26Cl2N2O2. The number of aromatic hydroxyl groups is 1. The highest BCUT2D eigenvalue weighted by Crippen LogP contribution is 2.41. The molecule has 1 aliphatic carbocycles. The maximum atomic E-state index is 10.0. The van der Waals surface area contributed by atoms with Gasteiger partial charge in [-0.05, 0) is 30.0 Å². The molecule has 1 saturated heterocycles. The van der Waals surface area contributed by atoms with Gasteiger partial charge in [0.1, 0.15) is 0 Å². The van der Waals surface area contributed by atoms with Gasteiger partial charge < -0.3 is 15.2 Å². The molecule has 0 spiro atoms. The summed E-state index contributed by atoms with van der Waals surface area (Å²) < 4.78 is 5.15. The fraction of sp³-hybridized carbons (Fsp3) is 0.625. The number of phenols is 1. The van der Waals surface area contributed by atoms with Gasteiger partial charge in [0.15, 0.2) is 11.5 Å². The second kappa shape index (κ2) is 8.82. The first kappa shape index (κ1) is 19.4. The highest BCUT2D eigenvalue weighted by molar-refractivity contribution is 5.85. The van der Waals surface area contributed by atoms with Crippen LogP contribution in [0, 0.1) is 5.92 Å². The number of benzene rings is 1. The Balaban J connectivity index is 0.00000121. The van der Waals surface area contributed by atoms with Crippen LogP contribution in [0.3, 0.4) is 0 Å². The minimum atomic E-state index is 0. The Morgan fingerprint density at radius 3 is 2.50 bits per heavy atom. The molecule has 0 aromatic heterocycles. The predicted molar refractivity (Wildman–Crippen MR) is 93.7 cm³/mol. The summed E-state index contributed by atoms with van der Waals surface area (Å²) in [6, 6.07) is 6.30. The molecule has 4 nitrogen and oxygen atoms in total. The van der Waals surface area contributed by atoms with Gasteiger partial charge in [-0.3, -0.25) is 4.90 Å². The summed E-state index contributed by atoms with van der Waals surface area (Å²) in [6.07, 6.45) is 3.95. The SMILES string of the molecule is COc1ccc([C@@H](CC2CC2)N2CCNCC2)cc1O.Cl.Cl. The van der Waals surface area contributed by atoms with Crippen LogP contribution in [0.1, 0.15) is 30.9 Å². The molecule has 3 rings (SSSR count). The van der Waals surface area contributed by atoms with Gasteiger partial charge in [0, 0.05) is 32.2 Å². The van der Waals surface area contributed by atoms with Gasteiger partial charge in [0.2, 0.25) is 0 Å². The number of rotatable bonds is 5. The molecule has 6 heteroatoms. The fourth-order valence-corrected chi connectivity index (χ4v) is 3.07. The zero-order valence-corrected chi connectivity index (χ0v) is 14.6. The number of ether oxygens (including phenoxy) is 1.